The lowest BCUT2D eigenvalue weighted by Gasteiger charge is -2.26. The minimum absolute atomic E-state index is 0.147. The van der Waals surface area contributed by atoms with E-state index in [4.69, 9.17) is 0 Å². The van der Waals surface area contributed by atoms with Crippen LogP contribution in [0.15, 0.2) is 34.6 Å². The number of amides is 1. The summed E-state index contributed by atoms with van der Waals surface area (Å²) in [6.07, 6.45) is 3.45. The lowest BCUT2D eigenvalue weighted by Crippen LogP contribution is -2.38. The molecule has 0 radical (unpaired) electrons. The quantitative estimate of drug-likeness (QED) is 0.619. The van der Waals surface area contributed by atoms with Crippen LogP contribution >= 0.6 is 11.3 Å². The molecule has 7 heteroatoms. The smallest absolute Gasteiger partial charge is 0.253 e. The van der Waals surface area contributed by atoms with Crippen molar-refractivity contribution in [2.75, 3.05) is 27.2 Å². The summed E-state index contributed by atoms with van der Waals surface area (Å²) in [6.45, 7) is 5.14. The van der Waals surface area contributed by atoms with Gasteiger partial charge >= 0.3 is 0 Å². The van der Waals surface area contributed by atoms with E-state index in [-0.39, 0.29) is 5.91 Å². The maximum Gasteiger partial charge on any atom is 0.253 e. The Morgan fingerprint density at radius 1 is 1.25 bits per heavy atom. The van der Waals surface area contributed by atoms with Crippen LogP contribution in [0, 0.1) is 6.92 Å². The number of aromatic nitrogens is 1. The largest absolute Gasteiger partial charge is 0.352 e. The topological polar surface area (TPSA) is 60.8 Å². The van der Waals surface area contributed by atoms with E-state index in [9.17, 15) is 4.79 Å². The van der Waals surface area contributed by atoms with Crippen molar-refractivity contribution < 1.29 is 4.79 Å². The average Bonchev–Trinajstić information content (AvgIpc) is 3.13. The van der Waals surface area contributed by atoms with Gasteiger partial charge in [-0.15, -0.1) is 11.3 Å². The van der Waals surface area contributed by atoms with Crippen LogP contribution in [0.4, 0.5) is 0 Å². The normalized spacial score (nSPS) is 14.8. The van der Waals surface area contributed by atoms with Crippen molar-refractivity contribution in [1.29, 1.82) is 0 Å². The van der Waals surface area contributed by atoms with E-state index in [1.165, 1.54) is 6.42 Å². The lowest BCUT2D eigenvalue weighted by atomic mass is 10.1. The molecule has 1 aromatic heterocycles. The van der Waals surface area contributed by atoms with E-state index >= 15 is 0 Å². The Kier molecular flexibility index (Phi) is 7.03. The van der Waals surface area contributed by atoms with Crippen LogP contribution in [0.2, 0.25) is 0 Å². The van der Waals surface area contributed by atoms with Crippen LogP contribution in [0.5, 0.6) is 0 Å². The van der Waals surface area contributed by atoms with Gasteiger partial charge in [-0.25, -0.2) is 4.98 Å². The Balaban J connectivity index is 1.53. The first-order valence-electron chi connectivity index (χ1n) is 9.78. The highest BCUT2D eigenvalue weighted by atomic mass is 32.1. The van der Waals surface area contributed by atoms with E-state index < -0.39 is 0 Å². The molecule has 150 valence electrons. The summed E-state index contributed by atoms with van der Waals surface area (Å²) in [5.74, 6) is 0.965. The predicted molar refractivity (Wildman–Crippen MR) is 115 cm³/mol. The summed E-state index contributed by atoms with van der Waals surface area (Å²) in [7, 11) is 3.79. The molecule has 0 aliphatic carbocycles. The molecule has 1 amide bonds. The van der Waals surface area contributed by atoms with Crippen molar-refractivity contribution in [3.05, 3.63) is 51.5 Å². The SMILES string of the molecule is CN=C(NCc1ccc(C(=O)N2CCCCC2)cc1)N(C)Cc1csc(C)n1. The Labute approximate surface area is 171 Å². The van der Waals surface area contributed by atoms with Gasteiger partial charge in [-0.3, -0.25) is 9.79 Å². The molecule has 1 aromatic carbocycles. The number of carbonyl (C=O) groups is 1. The first-order chi connectivity index (χ1) is 13.6. The second-order valence-electron chi connectivity index (χ2n) is 7.16. The van der Waals surface area contributed by atoms with Crippen LogP contribution in [-0.2, 0) is 13.1 Å². The minimum atomic E-state index is 0.147. The highest BCUT2D eigenvalue weighted by Crippen LogP contribution is 2.14. The molecule has 1 N–H and O–H groups in total. The summed E-state index contributed by atoms with van der Waals surface area (Å²) in [4.78, 5) is 25.5. The zero-order valence-electron chi connectivity index (χ0n) is 16.9. The maximum atomic E-state index is 12.6. The number of carbonyl (C=O) groups excluding carboxylic acids is 1. The average molecular weight is 400 g/mol. The molecule has 0 atom stereocenters. The Morgan fingerprint density at radius 3 is 2.57 bits per heavy atom. The van der Waals surface area contributed by atoms with Gasteiger partial charge in [0.15, 0.2) is 5.96 Å². The molecule has 28 heavy (non-hydrogen) atoms. The highest BCUT2D eigenvalue weighted by molar-refractivity contribution is 7.09. The molecule has 0 unspecified atom stereocenters. The van der Waals surface area contributed by atoms with Gasteiger partial charge in [0.25, 0.3) is 5.91 Å². The number of rotatable bonds is 5. The number of aryl methyl sites for hydroxylation is 1. The second-order valence-corrected chi connectivity index (χ2v) is 8.23. The number of hydrogen-bond donors (Lipinski definition) is 1. The number of aliphatic imine (C=N–C) groups is 1. The van der Waals surface area contributed by atoms with Crippen LogP contribution < -0.4 is 5.32 Å². The third-order valence-corrected chi connectivity index (χ3v) is 5.76. The molecule has 1 fully saturated rings. The Morgan fingerprint density at radius 2 is 1.96 bits per heavy atom. The number of guanidine groups is 1. The van der Waals surface area contributed by atoms with E-state index in [1.807, 2.05) is 43.1 Å². The van der Waals surface area contributed by atoms with Gasteiger partial charge in [0.05, 0.1) is 17.2 Å². The third kappa shape index (κ3) is 5.32. The zero-order valence-corrected chi connectivity index (χ0v) is 17.8. The van der Waals surface area contributed by atoms with Crippen molar-refractivity contribution in [3.8, 4) is 0 Å². The highest BCUT2D eigenvalue weighted by Gasteiger charge is 2.18. The summed E-state index contributed by atoms with van der Waals surface area (Å²) in [5, 5.41) is 6.54. The van der Waals surface area contributed by atoms with Gasteiger partial charge in [0, 0.05) is 44.7 Å². The fourth-order valence-electron chi connectivity index (χ4n) is 3.41. The van der Waals surface area contributed by atoms with Crippen LogP contribution in [-0.4, -0.2) is 53.8 Å². The van der Waals surface area contributed by atoms with Gasteiger partial charge in [0.2, 0.25) is 0 Å². The summed E-state index contributed by atoms with van der Waals surface area (Å²) >= 11 is 1.66. The third-order valence-electron chi connectivity index (χ3n) is 4.93. The molecule has 0 saturated carbocycles. The number of thiazole rings is 1. The predicted octanol–water partition coefficient (Wildman–Crippen LogP) is 3.29. The molecule has 1 aliphatic rings. The molecule has 0 bridgehead atoms. The summed E-state index contributed by atoms with van der Waals surface area (Å²) in [5.41, 5.74) is 2.94. The molecular formula is C21H29N5OS. The van der Waals surface area contributed by atoms with Gasteiger partial charge in [-0.2, -0.15) is 0 Å². The number of hydrogen-bond acceptors (Lipinski definition) is 4. The molecule has 1 aliphatic heterocycles. The minimum Gasteiger partial charge on any atom is -0.352 e. The molecule has 2 aromatic rings. The van der Waals surface area contributed by atoms with Crippen molar-refractivity contribution in [2.24, 2.45) is 4.99 Å². The first-order valence-corrected chi connectivity index (χ1v) is 10.7. The van der Waals surface area contributed by atoms with Crippen molar-refractivity contribution in [1.82, 2.24) is 20.1 Å². The lowest BCUT2D eigenvalue weighted by molar-refractivity contribution is 0.0724. The van der Waals surface area contributed by atoms with E-state index in [0.717, 1.165) is 53.7 Å². The fourth-order valence-corrected chi connectivity index (χ4v) is 4.01. The molecule has 1 saturated heterocycles. The van der Waals surface area contributed by atoms with Gasteiger partial charge in [0.1, 0.15) is 0 Å². The zero-order chi connectivity index (χ0) is 19.9. The Bertz CT molecular complexity index is 808. The monoisotopic (exact) mass is 399 g/mol. The standard InChI is InChI=1S/C21H29N5OS/c1-16-24-19(15-28-16)14-25(3)21(22-2)23-13-17-7-9-18(10-8-17)20(27)26-11-5-4-6-12-26/h7-10,15H,4-6,11-14H2,1-3H3,(H,22,23). The van der Waals surface area contributed by atoms with Crippen LogP contribution in [0.3, 0.4) is 0 Å². The van der Waals surface area contributed by atoms with Crippen molar-refractivity contribution >= 4 is 23.2 Å². The number of likely N-dealkylation sites (tertiary alicyclic amines) is 1. The number of benzene rings is 1. The molecule has 6 nitrogen and oxygen atoms in total. The van der Waals surface area contributed by atoms with Crippen molar-refractivity contribution in [2.45, 2.75) is 39.3 Å². The molecule has 2 heterocycles. The van der Waals surface area contributed by atoms with Gasteiger partial charge in [-0.1, -0.05) is 12.1 Å². The van der Waals surface area contributed by atoms with E-state index in [1.54, 1.807) is 18.4 Å². The number of piperidine rings is 1. The van der Waals surface area contributed by atoms with Crippen LogP contribution in [0.25, 0.3) is 0 Å². The van der Waals surface area contributed by atoms with E-state index in [2.05, 4.69) is 25.6 Å². The second kappa shape index (κ2) is 9.68. The first kappa shape index (κ1) is 20.3. The summed E-state index contributed by atoms with van der Waals surface area (Å²) in [6, 6.07) is 7.89. The Hall–Kier alpha value is -2.41. The molecule has 3 rings (SSSR count). The molecule has 0 spiro atoms. The van der Waals surface area contributed by atoms with Crippen LogP contribution in [0.1, 0.15) is 45.9 Å². The number of nitrogens with one attached hydrogen (secondary N) is 1. The van der Waals surface area contributed by atoms with Gasteiger partial charge in [-0.05, 0) is 43.9 Å². The fraction of sp³-hybridized carbons (Fsp3) is 0.476. The number of nitrogens with zero attached hydrogens (tertiary/aromatic N) is 4. The van der Waals surface area contributed by atoms with Gasteiger partial charge < -0.3 is 15.1 Å². The maximum absolute atomic E-state index is 12.6. The van der Waals surface area contributed by atoms with Crippen molar-refractivity contribution in [3.63, 3.8) is 0 Å². The summed E-state index contributed by atoms with van der Waals surface area (Å²) < 4.78 is 0. The molecular weight excluding hydrogens is 370 g/mol. The van der Waals surface area contributed by atoms with E-state index in [0.29, 0.717) is 13.1 Å².